The summed E-state index contributed by atoms with van der Waals surface area (Å²) in [5.41, 5.74) is 2.40. The minimum atomic E-state index is -0.305. The predicted molar refractivity (Wildman–Crippen MR) is 122 cm³/mol. The molecule has 0 saturated heterocycles. The Hall–Kier alpha value is -3.16. The van der Waals surface area contributed by atoms with Crippen LogP contribution < -0.4 is 10.1 Å². The molecule has 2 heterocycles. The van der Waals surface area contributed by atoms with E-state index in [1.54, 1.807) is 24.4 Å². The molecule has 0 atom stereocenters. The molecule has 2 aromatic carbocycles. The van der Waals surface area contributed by atoms with Gasteiger partial charge in [0.2, 0.25) is 5.95 Å². The fourth-order valence-corrected chi connectivity index (χ4v) is 3.61. The van der Waals surface area contributed by atoms with Crippen LogP contribution in [0.5, 0.6) is 5.75 Å². The van der Waals surface area contributed by atoms with Gasteiger partial charge in [-0.3, -0.25) is 15.1 Å². The van der Waals surface area contributed by atoms with Crippen LogP contribution >= 0.6 is 11.6 Å². The number of aryl methyl sites for hydroxylation is 1. The summed E-state index contributed by atoms with van der Waals surface area (Å²) in [5, 5.41) is 4.23. The number of fused-ring (bicyclic) bond motifs is 2. The number of halogens is 1. The van der Waals surface area contributed by atoms with Crippen molar-refractivity contribution in [3.05, 3.63) is 59.8 Å². The second-order valence-electron chi connectivity index (χ2n) is 6.91. The summed E-state index contributed by atoms with van der Waals surface area (Å²) in [5.74, 6) is 0.686. The van der Waals surface area contributed by atoms with Crippen molar-refractivity contribution in [2.45, 2.75) is 19.9 Å². The van der Waals surface area contributed by atoms with Crippen molar-refractivity contribution in [1.29, 1.82) is 0 Å². The van der Waals surface area contributed by atoms with Gasteiger partial charge in [-0.2, -0.15) is 0 Å². The number of rotatable bonds is 9. The molecule has 0 bridgehead atoms. The maximum absolute atomic E-state index is 12.6. The van der Waals surface area contributed by atoms with Crippen molar-refractivity contribution in [2.75, 3.05) is 25.1 Å². The van der Waals surface area contributed by atoms with Gasteiger partial charge in [0, 0.05) is 31.3 Å². The SMILES string of the molecule is CCOCCCn1c(NC(=O)COc2ccc(Cl)c3cccnc23)nc2ccccc21. The largest absolute Gasteiger partial charge is 0.481 e. The highest BCUT2D eigenvalue weighted by Gasteiger charge is 2.14. The molecule has 1 N–H and O–H groups in total. The molecule has 1 amide bonds. The van der Waals surface area contributed by atoms with Crippen LogP contribution in [0.3, 0.4) is 0 Å². The molecule has 4 rings (SSSR count). The molecule has 7 nitrogen and oxygen atoms in total. The summed E-state index contributed by atoms with van der Waals surface area (Å²) in [6.07, 6.45) is 2.48. The lowest BCUT2D eigenvalue weighted by Gasteiger charge is -2.12. The number of anilines is 1. The second kappa shape index (κ2) is 9.76. The monoisotopic (exact) mass is 438 g/mol. The van der Waals surface area contributed by atoms with E-state index < -0.39 is 0 Å². The van der Waals surface area contributed by atoms with E-state index in [1.165, 1.54) is 0 Å². The second-order valence-corrected chi connectivity index (χ2v) is 7.32. The number of nitrogens with one attached hydrogen (secondary N) is 1. The van der Waals surface area contributed by atoms with E-state index in [0.717, 1.165) is 22.8 Å². The van der Waals surface area contributed by atoms with Crippen molar-refractivity contribution < 1.29 is 14.3 Å². The number of pyridine rings is 1. The van der Waals surface area contributed by atoms with Crippen LogP contribution in [-0.4, -0.2) is 40.3 Å². The van der Waals surface area contributed by atoms with Gasteiger partial charge in [0.25, 0.3) is 5.91 Å². The molecule has 0 saturated carbocycles. The first kappa shape index (κ1) is 21.1. The van der Waals surface area contributed by atoms with E-state index in [0.29, 0.717) is 42.0 Å². The number of benzene rings is 2. The molecule has 0 unspecified atom stereocenters. The summed E-state index contributed by atoms with van der Waals surface area (Å²) >= 11 is 6.22. The average molecular weight is 439 g/mol. The molecule has 0 fully saturated rings. The Morgan fingerprint density at radius 2 is 2.03 bits per heavy atom. The van der Waals surface area contributed by atoms with E-state index in [2.05, 4.69) is 15.3 Å². The van der Waals surface area contributed by atoms with Crippen molar-refractivity contribution in [3.8, 4) is 5.75 Å². The molecule has 31 heavy (non-hydrogen) atoms. The Labute approximate surface area is 185 Å². The molecule has 4 aromatic rings. The van der Waals surface area contributed by atoms with E-state index in [4.69, 9.17) is 21.1 Å². The first-order valence-corrected chi connectivity index (χ1v) is 10.5. The number of amides is 1. The number of hydrogen-bond donors (Lipinski definition) is 1. The summed E-state index contributed by atoms with van der Waals surface area (Å²) in [6, 6.07) is 14.9. The Kier molecular flexibility index (Phi) is 6.64. The summed E-state index contributed by atoms with van der Waals surface area (Å²) in [4.78, 5) is 21.5. The molecule has 0 aliphatic carbocycles. The summed E-state index contributed by atoms with van der Waals surface area (Å²) in [6.45, 7) is 3.81. The molecule has 0 spiro atoms. The number of para-hydroxylation sites is 2. The zero-order chi connectivity index (χ0) is 21.6. The van der Waals surface area contributed by atoms with Gasteiger partial charge in [0.05, 0.1) is 16.1 Å². The highest BCUT2D eigenvalue weighted by molar-refractivity contribution is 6.35. The van der Waals surface area contributed by atoms with E-state index in [9.17, 15) is 4.79 Å². The van der Waals surface area contributed by atoms with Crippen LogP contribution in [0.15, 0.2) is 54.7 Å². The summed E-state index contributed by atoms with van der Waals surface area (Å²) in [7, 11) is 0. The Morgan fingerprint density at radius 1 is 1.16 bits per heavy atom. The third-order valence-corrected chi connectivity index (χ3v) is 5.15. The van der Waals surface area contributed by atoms with E-state index >= 15 is 0 Å². The van der Waals surface area contributed by atoms with Crippen LogP contribution in [0.2, 0.25) is 5.02 Å². The van der Waals surface area contributed by atoms with Crippen LogP contribution in [0.4, 0.5) is 5.95 Å². The number of imidazole rings is 1. The van der Waals surface area contributed by atoms with Crippen molar-refractivity contribution >= 4 is 45.4 Å². The number of carbonyl (C=O) groups excluding carboxylic acids is 1. The topological polar surface area (TPSA) is 78.3 Å². The quantitative estimate of drug-likeness (QED) is 0.384. The third kappa shape index (κ3) is 4.78. The number of nitrogens with zero attached hydrogens (tertiary/aromatic N) is 3. The molecule has 0 aliphatic rings. The Bertz CT molecular complexity index is 1210. The van der Waals surface area contributed by atoms with Crippen LogP contribution in [-0.2, 0) is 16.1 Å². The van der Waals surface area contributed by atoms with Crippen LogP contribution in [0, 0.1) is 0 Å². The Balaban J connectivity index is 1.48. The zero-order valence-electron chi connectivity index (χ0n) is 17.2. The van der Waals surface area contributed by atoms with Gasteiger partial charge in [-0.25, -0.2) is 4.98 Å². The van der Waals surface area contributed by atoms with Gasteiger partial charge in [-0.15, -0.1) is 0 Å². The fourth-order valence-electron chi connectivity index (χ4n) is 3.40. The molecule has 0 radical (unpaired) electrons. The lowest BCUT2D eigenvalue weighted by Crippen LogP contribution is -2.22. The van der Waals surface area contributed by atoms with Crippen LogP contribution in [0.25, 0.3) is 21.9 Å². The van der Waals surface area contributed by atoms with Gasteiger partial charge in [-0.1, -0.05) is 23.7 Å². The van der Waals surface area contributed by atoms with Gasteiger partial charge < -0.3 is 14.0 Å². The average Bonchev–Trinajstić information content (AvgIpc) is 3.13. The van der Waals surface area contributed by atoms with Crippen LogP contribution in [0.1, 0.15) is 13.3 Å². The van der Waals surface area contributed by atoms with E-state index in [1.807, 2.05) is 41.8 Å². The predicted octanol–water partition coefficient (Wildman–Crippen LogP) is 4.68. The van der Waals surface area contributed by atoms with Gasteiger partial charge in [-0.05, 0) is 49.7 Å². The number of hydrogen-bond acceptors (Lipinski definition) is 5. The smallest absolute Gasteiger partial charge is 0.264 e. The zero-order valence-corrected chi connectivity index (χ0v) is 17.9. The van der Waals surface area contributed by atoms with E-state index in [-0.39, 0.29) is 12.5 Å². The lowest BCUT2D eigenvalue weighted by atomic mass is 10.2. The highest BCUT2D eigenvalue weighted by atomic mass is 35.5. The van der Waals surface area contributed by atoms with Crippen molar-refractivity contribution in [3.63, 3.8) is 0 Å². The Morgan fingerprint density at radius 3 is 2.90 bits per heavy atom. The summed E-state index contributed by atoms with van der Waals surface area (Å²) < 4.78 is 13.2. The fraction of sp³-hybridized carbons (Fsp3) is 0.261. The van der Waals surface area contributed by atoms with Crippen molar-refractivity contribution in [2.24, 2.45) is 0 Å². The van der Waals surface area contributed by atoms with Crippen molar-refractivity contribution in [1.82, 2.24) is 14.5 Å². The molecule has 2 aromatic heterocycles. The minimum Gasteiger partial charge on any atom is -0.481 e. The number of ether oxygens (including phenoxy) is 2. The first-order chi connectivity index (χ1) is 15.2. The first-order valence-electron chi connectivity index (χ1n) is 10.2. The number of carbonyl (C=O) groups is 1. The molecular weight excluding hydrogens is 416 g/mol. The van der Waals surface area contributed by atoms with Gasteiger partial charge in [0.15, 0.2) is 6.61 Å². The lowest BCUT2D eigenvalue weighted by molar-refractivity contribution is -0.118. The highest BCUT2D eigenvalue weighted by Crippen LogP contribution is 2.29. The molecule has 8 heteroatoms. The maximum atomic E-state index is 12.6. The normalized spacial score (nSPS) is 11.2. The standard InChI is InChI=1S/C23H23ClN4O3/c1-2-30-14-6-13-28-19-9-4-3-8-18(19)26-23(28)27-21(29)15-31-20-11-10-17(24)16-7-5-12-25-22(16)20/h3-5,7-12H,2,6,13-15H2,1H3,(H,26,27,29). The van der Waals surface area contributed by atoms with Gasteiger partial charge in [0.1, 0.15) is 11.3 Å². The van der Waals surface area contributed by atoms with Gasteiger partial charge >= 0.3 is 0 Å². The minimum absolute atomic E-state index is 0.171. The molecular formula is C23H23ClN4O3. The number of aromatic nitrogens is 3. The maximum Gasteiger partial charge on any atom is 0.264 e. The molecule has 0 aliphatic heterocycles. The third-order valence-electron chi connectivity index (χ3n) is 4.82. The molecule has 160 valence electrons.